The summed E-state index contributed by atoms with van der Waals surface area (Å²) in [5.74, 6) is 0.716. The van der Waals surface area contributed by atoms with Crippen LogP contribution in [0, 0.1) is 5.92 Å². The van der Waals surface area contributed by atoms with Crippen LogP contribution in [-0.4, -0.2) is 12.5 Å². The van der Waals surface area contributed by atoms with Crippen molar-refractivity contribution in [2.24, 2.45) is 5.92 Å². The van der Waals surface area contributed by atoms with E-state index in [1.54, 1.807) is 0 Å². The first kappa shape index (κ1) is 12.8. The summed E-state index contributed by atoms with van der Waals surface area (Å²) in [5.41, 5.74) is 2.05. The van der Waals surface area contributed by atoms with Crippen LogP contribution in [0.1, 0.15) is 44.5 Å². The van der Waals surface area contributed by atoms with E-state index in [-0.39, 0.29) is 7.33 Å². The zero-order valence-electron chi connectivity index (χ0n) is 10.4. The van der Waals surface area contributed by atoms with Crippen molar-refractivity contribution in [2.75, 3.05) is 6.54 Å². The Labute approximate surface area is 99.5 Å². The lowest BCUT2D eigenvalue weighted by molar-refractivity contribution is 0.0956. The smallest absolute Gasteiger partial charge is 0.251 e. The molecule has 0 fully saturated rings. The molecule has 1 unspecified atom stereocenters. The number of rotatable bonds is 5. The highest BCUT2D eigenvalue weighted by Crippen LogP contribution is 2.12. The number of carbonyl (C=O) groups excluding carboxylic acids is 1. The first-order valence-electron chi connectivity index (χ1n) is 6.04. The minimum atomic E-state index is 0. The minimum Gasteiger partial charge on any atom is -0.352 e. The van der Waals surface area contributed by atoms with Gasteiger partial charge in [0.15, 0.2) is 0 Å². The molecule has 1 atom stereocenters. The Morgan fingerprint density at radius 2 is 1.94 bits per heavy atom. The van der Waals surface area contributed by atoms with Crippen LogP contribution in [0.5, 0.6) is 0 Å². The quantitative estimate of drug-likeness (QED) is 0.812. The molecule has 0 aliphatic carbocycles. The van der Waals surface area contributed by atoms with E-state index >= 15 is 0 Å². The molecule has 90 valence electrons. The number of carbonyl (C=O) groups is 1. The van der Waals surface area contributed by atoms with Gasteiger partial charge in [-0.2, -0.15) is 0 Å². The highest BCUT2D eigenvalue weighted by Gasteiger charge is 2.05. The third kappa shape index (κ3) is 3.69. The predicted octanol–water partition coefficient (Wildman–Crippen LogP) is 3.27. The molecule has 1 N–H and O–H groups in total. The summed E-state index contributed by atoms with van der Waals surface area (Å²) in [6, 6.07) is 7.92. The normalized spacial score (nSPS) is 12.2. The summed E-state index contributed by atoms with van der Waals surface area (Å²) in [5, 5.41) is 2.79. The van der Waals surface area contributed by atoms with Crippen LogP contribution in [0.2, 0.25) is 0 Å². The van der Waals surface area contributed by atoms with Crippen molar-refractivity contribution in [1.29, 1.82) is 0 Å². The Morgan fingerprint density at radius 1 is 1.31 bits per heavy atom. The Balaban J connectivity index is 0.00000256. The second-order valence-corrected chi connectivity index (χ2v) is 4.27. The zero-order valence-corrected chi connectivity index (χ0v) is 10.4. The van der Waals surface area contributed by atoms with Gasteiger partial charge in [0.05, 0.1) is 0 Å². The van der Waals surface area contributed by atoms with Crippen molar-refractivity contribution < 1.29 is 6.22 Å². The fourth-order valence-electron chi connectivity index (χ4n) is 1.60. The summed E-state index contributed by atoms with van der Waals surface area (Å²) in [6.45, 7) is 7.05. The summed E-state index contributed by atoms with van der Waals surface area (Å²) in [4.78, 5) is 11.5. The van der Waals surface area contributed by atoms with Gasteiger partial charge in [-0.15, -0.1) is 0 Å². The number of hydrogen-bond donors (Lipinski definition) is 1. The van der Waals surface area contributed by atoms with Crippen molar-refractivity contribution in [1.82, 2.24) is 5.32 Å². The zero-order chi connectivity index (χ0) is 12.0. The fourth-order valence-corrected chi connectivity index (χ4v) is 1.60. The monoisotopic (exact) mass is 221 g/mol. The topological polar surface area (TPSA) is 29.1 Å². The molecule has 1 aromatic carbocycles. The maximum atomic E-state index is 11.5. The molecule has 1 amide bonds. The number of amides is 1. The molecule has 0 spiro atoms. The molecule has 0 heterocycles. The van der Waals surface area contributed by atoms with Crippen LogP contribution in [0.25, 0.3) is 0 Å². The molecular weight excluding hydrogens is 198 g/mol. The van der Waals surface area contributed by atoms with Gasteiger partial charge in [0.25, 0.3) is 5.91 Å². The van der Waals surface area contributed by atoms with Gasteiger partial charge in [0.2, 0.25) is 0 Å². The van der Waals surface area contributed by atoms with Crippen LogP contribution in [0.4, 0.5) is 0 Å². The van der Waals surface area contributed by atoms with Crippen molar-refractivity contribution in [3.05, 3.63) is 35.4 Å². The minimum absolute atomic E-state index is 0. The first-order valence-corrected chi connectivity index (χ1v) is 6.04. The molecule has 2 nitrogen and oxygen atoms in total. The summed E-state index contributed by atoms with van der Waals surface area (Å²) < 4.78 is 0. The van der Waals surface area contributed by atoms with Crippen LogP contribution >= 0.6 is 0 Å². The Kier molecular flexibility index (Phi) is 5.03. The van der Waals surface area contributed by atoms with E-state index < -0.39 is 0 Å². The van der Waals surface area contributed by atoms with Crippen LogP contribution in [0.15, 0.2) is 24.3 Å². The van der Waals surface area contributed by atoms with Gasteiger partial charge < -0.3 is 5.32 Å². The van der Waals surface area contributed by atoms with Gasteiger partial charge in [0.1, 0.15) is 0 Å². The maximum absolute atomic E-state index is 11.5. The van der Waals surface area contributed by atoms with Gasteiger partial charge >= 0.3 is 0 Å². The lowest BCUT2D eigenvalue weighted by atomic mass is 9.98. The third-order valence-corrected chi connectivity index (χ3v) is 2.83. The molecule has 0 radical (unpaired) electrons. The lowest BCUT2D eigenvalue weighted by Crippen LogP contribution is -2.22. The molecule has 0 aromatic heterocycles. The van der Waals surface area contributed by atoms with Gasteiger partial charge in [0, 0.05) is 13.5 Å². The third-order valence-electron chi connectivity index (χ3n) is 2.83. The number of nitrogens with one attached hydrogen (secondary N) is 1. The van der Waals surface area contributed by atoms with Gasteiger partial charge in [-0.1, -0.05) is 32.4 Å². The van der Waals surface area contributed by atoms with Gasteiger partial charge in [-0.25, -0.2) is 0 Å². The second kappa shape index (κ2) is 6.31. The van der Waals surface area contributed by atoms with Gasteiger partial charge in [-0.3, -0.25) is 4.79 Å². The van der Waals surface area contributed by atoms with E-state index in [0.717, 1.165) is 12.0 Å². The van der Waals surface area contributed by atoms with Crippen LogP contribution in [-0.2, 0) is 6.42 Å². The Bertz CT molecular complexity index is 335. The lowest BCUT2D eigenvalue weighted by Gasteiger charge is -2.08. The highest BCUT2D eigenvalue weighted by atomic mass is 16.1. The van der Waals surface area contributed by atoms with Crippen molar-refractivity contribution >= 4 is 5.91 Å². The molecule has 0 saturated heterocycles. The van der Waals surface area contributed by atoms with Crippen molar-refractivity contribution in [2.45, 2.75) is 33.6 Å². The second-order valence-electron chi connectivity index (χ2n) is 4.27. The van der Waals surface area contributed by atoms with Crippen molar-refractivity contribution in [3.8, 4) is 0 Å². The molecular formula is C14H23NO. The molecule has 2 heteroatoms. The fraction of sp³-hybridized carbons (Fsp3) is 0.500. The van der Waals surface area contributed by atoms with E-state index in [4.69, 9.17) is 0 Å². The highest BCUT2D eigenvalue weighted by molar-refractivity contribution is 5.94. The Morgan fingerprint density at radius 3 is 2.44 bits per heavy atom. The van der Waals surface area contributed by atoms with E-state index in [9.17, 15) is 4.79 Å². The molecule has 1 aromatic rings. The van der Waals surface area contributed by atoms with E-state index in [1.807, 2.05) is 19.1 Å². The maximum Gasteiger partial charge on any atom is 0.251 e. The van der Waals surface area contributed by atoms with Crippen LogP contribution in [0.3, 0.4) is 0 Å². The van der Waals surface area contributed by atoms with Crippen molar-refractivity contribution in [3.63, 3.8) is 0 Å². The molecule has 16 heavy (non-hydrogen) atoms. The average Bonchev–Trinajstić information content (AvgIpc) is 2.30. The molecule has 0 saturated carbocycles. The largest absolute Gasteiger partial charge is 0.352 e. The van der Waals surface area contributed by atoms with Crippen LogP contribution < -0.4 is 5.32 Å². The molecule has 0 aliphatic rings. The van der Waals surface area contributed by atoms with E-state index in [0.29, 0.717) is 12.5 Å². The summed E-state index contributed by atoms with van der Waals surface area (Å²) in [7, 11) is 0. The van der Waals surface area contributed by atoms with Gasteiger partial charge in [-0.05, 0) is 37.0 Å². The molecule has 0 aliphatic heterocycles. The SMILES string of the molecule is CCNC(=O)c1ccc(CC(C)CC)cc1.[HH]. The number of benzene rings is 1. The summed E-state index contributed by atoms with van der Waals surface area (Å²) in [6.07, 6.45) is 2.28. The molecule has 0 bridgehead atoms. The molecule has 1 rings (SSSR count). The number of hydrogen-bond acceptors (Lipinski definition) is 1. The standard InChI is InChI=1S/C14H21NO.H2/c1-4-11(3)10-12-6-8-13(9-7-12)14(16)15-5-2;/h6-9,11H,4-5,10H2,1-3H3,(H,15,16);1H. The van der Waals surface area contributed by atoms with E-state index in [2.05, 4.69) is 31.3 Å². The average molecular weight is 221 g/mol. The van der Waals surface area contributed by atoms with E-state index in [1.165, 1.54) is 12.0 Å². The Hall–Kier alpha value is -1.31. The first-order chi connectivity index (χ1) is 7.67. The predicted molar refractivity (Wildman–Crippen MR) is 69.7 cm³/mol. The summed E-state index contributed by atoms with van der Waals surface area (Å²) >= 11 is 0.